The normalized spacial score (nSPS) is 16.3. The minimum atomic E-state index is -0.105. The summed E-state index contributed by atoms with van der Waals surface area (Å²) in [6, 6.07) is 9.54. The van der Waals surface area contributed by atoms with Crippen molar-refractivity contribution in [1.29, 1.82) is 0 Å². The molecule has 1 aliphatic heterocycles. The third kappa shape index (κ3) is 3.71. The summed E-state index contributed by atoms with van der Waals surface area (Å²) in [6.07, 6.45) is 3.77. The van der Waals surface area contributed by atoms with E-state index in [1.807, 2.05) is 24.3 Å². The minimum Gasteiger partial charge on any atom is -0.497 e. The van der Waals surface area contributed by atoms with E-state index in [1.54, 1.807) is 24.1 Å². The molecule has 1 aliphatic rings. The van der Waals surface area contributed by atoms with E-state index >= 15 is 0 Å². The number of rotatable bonds is 4. The predicted molar refractivity (Wildman–Crippen MR) is 88.1 cm³/mol. The van der Waals surface area contributed by atoms with Crippen LogP contribution in [0, 0.1) is 0 Å². The Balaban J connectivity index is 1.64. The lowest BCUT2D eigenvalue weighted by Gasteiger charge is -2.29. The van der Waals surface area contributed by atoms with Crippen molar-refractivity contribution in [1.82, 2.24) is 20.0 Å². The number of carbonyl (C=O) groups is 1. The Morgan fingerprint density at radius 3 is 2.57 bits per heavy atom. The van der Waals surface area contributed by atoms with Crippen LogP contribution < -0.4 is 10.1 Å². The van der Waals surface area contributed by atoms with Crippen LogP contribution in [0.3, 0.4) is 0 Å². The van der Waals surface area contributed by atoms with E-state index in [4.69, 9.17) is 4.74 Å². The van der Waals surface area contributed by atoms with Crippen molar-refractivity contribution in [2.24, 2.45) is 0 Å². The number of nitrogens with zero attached hydrogens (tertiary/aromatic N) is 3. The highest BCUT2D eigenvalue weighted by atomic mass is 16.5. The van der Waals surface area contributed by atoms with Crippen molar-refractivity contribution < 1.29 is 9.53 Å². The van der Waals surface area contributed by atoms with Crippen LogP contribution in [0.1, 0.15) is 23.3 Å². The van der Waals surface area contributed by atoms with Crippen molar-refractivity contribution in [2.75, 3.05) is 27.2 Å². The molecule has 2 heterocycles. The largest absolute Gasteiger partial charge is 0.497 e. The number of methoxy groups -OCH3 is 1. The molecule has 122 valence electrons. The van der Waals surface area contributed by atoms with Gasteiger partial charge < -0.3 is 15.0 Å². The summed E-state index contributed by atoms with van der Waals surface area (Å²) in [5, 5.41) is 7.45. The lowest BCUT2D eigenvalue weighted by Crippen LogP contribution is -2.43. The van der Waals surface area contributed by atoms with Crippen molar-refractivity contribution in [2.45, 2.75) is 18.9 Å². The Kier molecular flexibility index (Phi) is 4.62. The minimum absolute atomic E-state index is 0.105. The highest BCUT2D eigenvalue weighted by Gasteiger charge is 2.20. The standard InChI is InChI=1S/C17H22N4O2/c1-20-10-7-13(8-11-20)18-17(22)16-9-12-21(19-16)14-3-5-15(23-2)6-4-14/h3-6,9,12-13H,7-8,10-11H2,1-2H3,(H,18,22). The maximum Gasteiger partial charge on any atom is 0.272 e. The molecule has 0 unspecified atom stereocenters. The molecular weight excluding hydrogens is 292 g/mol. The molecule has 1 N–H and O–H groups in total. The van der Waals surface area contributed by atoms with Gasteiger partial charge in [-0.25, -0.2) is 4.68 Å². The van der Waals surface area contributed by atoms with Crippen LogP contribution in [0.25, 0.3) is 5.69 Å². The van der Waals surface area contributed by atoms with E-state index in [9.17, 15) is 4.79 Å². The Hall–Kier alpha value is -2.34. The molecule has 0 radical (unpaired) electrons. The van der Waals surface area contributed by atoms with E-state index in [0.29, 0.717) is 5.69 Å². The quantitative estimate of drug-likeness (QED) is 0.933. The Morgan fingerprint density at radius 1 is 1.22 bits per heavy atom. The maximum absolute atomic E-state index is 12.3. The molecule has 6 nitrogen and oxygen atoms in total. The lowest BCUT2D eigenvalue weighted by molar-refractivity contribution is 0.0911. The van der Waals surface area contributed by atoms with Gasteiger partial charge in [0.1, 0.15) is 5.75 Å². The molecule has 0 aliphatic carbocycles. The molecule has 3 rings (SSSR count). The SMILES string of the molecule is COc1ccc(-n2ccc(C(=O)NC3CCN(C)CC3)n2)cc1. The molecule has 0 bridgehead atoms. The second-order valence-electron chi connectivity index (χ2n) is 5.89. The number of hydrogen-bond acceptors (Lipinski definition) is 4. The fourth-order valence-corrected chi connectivity index (χ4v) is 2.74. The van der Waals surface area contributed by atoms with Crippen molar-refractivity contribution in [3.63, 3.8) is 0 Å². The average Bonchev–Trinajstić information content (AvgIpc) is 3.07. The van der Waals surface area contributed by atoms with Gasteiger partial charge in [-0.05, 0) is 63.3 Å². The van der Waals surface area contributed by atoms with E-state index in [-0.39, 0.29) is 11.9 Å². The van der Waals surface area contributed by atoms with Crippen molar-refractivity contribution >= 4 is 5.91 Å². The first-order valence-corrected chi connectivity index (χ1v) is 7.85. The van der Waals surface area contributed by atoms with Crippen LogP contribution in [0.2, 0.25) is 0 Å². The van der Waals surface area contributed by atoms with Crippen LogP contribution in [0.4, 0.5) is 0 Å². The number of nitrogens with one attached hydrogen (secondary N) is 1. The summed E-state index contributed by atoms with van der Waals surface area (Å²) in [7, 11) is 3.74. The first-order chi connectivity index (χ1) is 11.2. The van der Waals surface area contributed by atoms with E-state index in [2.05, 4.69) is 22.4 Å². The summed E-state index contributed by atoms with van der Waals surface area (Å²) >= 11 is 0. The third-order valence-corrected chi connectivity index (χ3v) is 4.21. The zero-order valence-electron chi connectivity index (χ0n) is 13.5. The maximum atomic E-state index is 12.3. The number of hydrogen-bond donors (Lipinski definition) is 1. The van der Waals surface area contributed by atoms with Crippen LogP contribution in [-0.4, -0.2) is 53.9 Å². The summed E-state index contributed by atoms with van der Waals surface area (Å²) in [5.41, 5.74) is 1.34. The van der Waals surface area contributed by atoms with Gasteiger partial charge in [-0.2, -0.15) is 5.10 Å². The summed E-state index contributed by atoms with van der Waals surface area (Å²) in [5.74, 6) is 0.688. The molecule has 1 saturated heterocycles. The summed E-state index contributed by atoms with van der Waals surface area (Å²) < 4.78 is 6.84. The third-order valence-electron chi connectivity index (χ3n) is 4.21. The molecule has 2 aromatic rings. The van der Waals surface area contributed by atoms with Crippen LogP contribution >= 0.6 is 0 Å². The molecule has 0 atom stereocenters. The van der Waals surface area contributed by atoms with Gasteiger partial charge in [0.15, 0.2) is 5.69 Å². The fraction of sp³-hybridized carbons (Fsp3) is 0.412. The molecular formula is C17H22N4O2. The topological polar surface area (TPSA) is 59.4 Å². The summed E-state index contributed by atoms with van der Waals surface area (Å²) in [4.78, 5) is 14.6. The van der Waals surface area contributed by atoms with Crippen LogP contribution in [0.15, 0.2) is 36.5 Å². The van der Waals surface area contributed by atoms with Crippen LogP contribution in [-0.2, 0) is 0 Å². The van der Waals surface area contributed by atoms with E-state index < -0.39 is 0 Å². The number of amides is 1. The van der Waals surface area contributed by atoms with Gasteiger partial charge in [-0.1, -0.05) is 0 Å². The zero-order valence-corrected chi connectivity index (χ0v) is 13.5. The second-order valence-corrected chi connectivity index (χ2v) is 5.89. The number of likely N-dealkylation sites (tertiary alicyclic amines) is 1. The van der Waals surface area contributed by atoms with E-state index in [1.165, 1.54) is 0 Å². The Morgan fingerprint density at radius 2 is 1.91 bits per heavy atom. The first kappa shape index (κ1) is 15.6. The highest BCUT2D eigenvalue weighted by Crippen LogP contribution is 2.15. The number of carbonyl (C=O) groups excluding carboxylic acids is 1. The molecule has 0 spiro atoms. The molecule has 1 amide bonds. The predicted octanol–water partition coefficient (Wildman–Crippen LogP) is 1.70. The monoisotopic (exact) mass is 314 g/mol. The lowest BCUT2D eigenvalue weighted by atomic mass is 10.1. The molecule has 1 aromatic carbocycles. The molecule has 23 heavy (non-hydrogen) atoms. The molecule has 6 heteroatoms. The molecule has 1 aromatic heterocycles. The van der Waals surface area contributed by atoms with Gasteiger partial charge in [0.25, 0.3) is 5.91 Å². The van der Waals surface area contributed by atoms with E-state index in [0.717, 1.165) is 37.4 Å². The van der Waals surface area contributed by atoms with Crippen molar-refractivity contribution in [3.05, 3.63) is 42.2 Å². The highest BCUT2D eigenvalue weighted by molar-refractivity contribution is 5.92. The van der Waals surface area contributed by atoms with Gasteiger partial charge in [0.05, 0.1) is 12.8 Å². The smallest absolute Gasteiger partial charge is 0.272 e. The number of ether oxygens (including phenoxy) is 1. The Bertz CT molecular complexity index is 657. The molecule has 0 saturated carbocycles. The average molecular weight is 314 g/mol. The molecule has 1 fully saturated rings. The number of benzene rings is 1. The zero-order chi connectivity index (χ0) is 16.2. The number of aromatic nitrogens is 2. The number of piperidine rings is 1. The van der Waals surface area contributed by atoms with Gasteiger partial charge >= 0.3 is 0 Å². The van der Waals surface area contributed by atoms with Gasteiger partial charge in [-0.15, -0.1) is 0 Å². The Labute approximate surface area is 136 Å². The van der Waals surface area contributed by atoms with Gasteiger partial charge in [0, 0.05) is 12.2 Å². The van der Waals surface area contributed by atoms with Gasteiger partial charge in [0.2, 0.25) is 0 Å². The fourth-order valence-electron chi connectivity index (χ4n) is 2.74. The first-order valence-electron chi connectivity index (χ1n) is 7.85. The van der Waals surface area contributed by atoms with Gasteiger partial charge in [-0.3, -0.25) is 4.79 Å². The van der Waals surface area contributed by atoms with Crippen LogP contribution in [0.5, 0.6) is 5.75 Å². The van der Waals surface area contributed by atoms with Crippen molar-refractivity contribution in [3.8, 4) is 11.4 Å². The summed E-state index contributed by atoms with van der Waals surface area (Å²) in [6.45, 7) is 2.04. The second kappa shape index (κ2) is 6.83.